The molecule has 1 aliphatic heterocycles. The summed E-state index contributed by atoms with van der Waals surface area (Å²) in [4.78, 5) is 24.4. The van der Waals surface area contributed by atoms with Crippen molar-refractivity contribution in [3.05, 3.63) is 59.2 Å². The zero-order chi connectivity index (χ0) is 19.6. The molecule has 0 saturated carbocycles. The molecule has 2 aromatic carbocycles. The third-order valence-electron chi connectivity index (χ3n) is 4.35. The first-order valence-electron chi connectivity index (χ1n) is 8.14. The lowest BCUT2D eigenvalue weighted by atomic mass is 9.95. The van der Waals surface area contributed by atoms with Gasteiger partial charge < -0.3 is 24.6 Å². The number of hydrogen-bond acceptors (Lipinski definition) is 6. The number of rotatable bonds is 5. The summed E-state index contributed by atoms with van der Waals surface area (Å²) in [6.45, 7) is 0. The summed E-state index contributed by atoms with van der Waals surface area (Å²) < 4.78 is 15.6. The summed E-state index contributed by atoms with van der Waals surface area (Å²) in [5.41, 5.74) is 0.927. The molecule has 0 aromatic heterocycles. The Morgan fingerprint density at radius 3 is 2.37 bits per heavy atom. The number of carbonyl (C=O) groups excluding carboxylic acids is 2. The van der Waals surface area contributed by atoms with Crippen molar-refractivity contribution in [2.45, 2.75) is 6.04 Å². The van der Waals surface area contributed by atoms with Crippen LogP contribution in [0.3, 0.4) is 0 Å². The van der Waals surface area contributed by atoms with Crippen molar-refractivity contribution in [1.29, 1.82) is 0 Å². The molecule has 0 radical (unpaired) electrons. The quantitative estimate of drug-likeness (QED) is 0.478. The van der Waals surface area contributed by atoms with E-state index in [0.29, 0.717) is 28.4 Å². The predicted octanol–water partition coefficient (Wildman–Crippen LogP) is 2.42. The van der Waals surface area contributed by atoms with Crippen molar-refractivity contribution in [2.24, 2.45) is 0 Å². The minimum absolute atomic E-state index is 0.0273. The van der Waals surface area contributed by atoms with Gasteiger partial charge in [-0.2, -0.15) is 0 Å². The molecule has 0 bridgehead atoms. The lowest BCUT2D eigenvalue weighted by molar-refractivity contribution is -0.133. The molecule has 7 heteroatoms. The molecule has 0 unspecified atom stereocenters. The fraction of sp³-hybridized carbons (Fsp3) is 0.200. The van der Waals surface area contributed by atoms with Crippen molar-refractivity contribution in [3.8, 4) is 17.2 Å². The van der Waals surface area contributed by atoms with Gasteiger partial charge in [0.2, 0.25) is 0 Å². The Morgan fingerprint density at radius 2 is 1.70 bits per heavy atom. The van der Waals surface area contributed by atoms with Crippen molar-refractivity contribution in [2.75, 3.05) is 21.3 Å². The Hall–Kier alpha value is -3.48. The highest BCUT2D eigenvalue weighted by atomic mass is 16.5. The first-order chi connectivity index (χ1) is 13.0. The van der Waals surface area contributed by atoms with Crippen LogP contribution in [0.15, 0.2) is 48.0 Å². The van der Waals surface area contributed by atoms with Crippen LogP contribution in [0.5, 0.6) is 17.2 Å². The van der Waals surface area contributed by atoms with Crippen LogP contribution in [0.25, 0.3) is 5.76 Å². The van der Waals surface area contributed by atoms with Gasteiger partial charge in [0.25, 0.3) is 11.7 Å². The number of Topliss-reactive ketones (excluding diaryl/α,β-unsaturated/α-hetero) is 1. The van der Waals surface area contributed by atoms with Gasteiger partial charge >= 0.3 is 0 Å². The number of hydrogen-bond donors (Lipinski definition) is 2. The average molecular weight is 369 g/mol. The van der Waals surface area contributed by atoms with Crippen LogP contribution in [0.1, 0.15) is 17.2 Å². The highest BCUT2D eigenvalue weighted by Gasteiger charge is 2.39. The summed E-state index contributed by atoms with van der Waals surface area (Å²) in [7, 11) is 4.50. The number of methoxy groups -OCH3 is 3. The normalized spacial score (nSPS) is 18.1. The molecule has 2 N–H and O–H groups in total. The van der Waals surface area contributed by atoms with Crippen LogP contribution in [0, 0.1) is 0 Å². The third kappa shape index (κ3) is 3.31. The predicted molar refractivity (Wildman–Crippen MR) is 98.0 cm³/mol. The van der Waals surface area contributed by atoms with E-state index in [0.717, 1.165) is 0 Å². The van der Waals surface area contributed by atoms with E-state index in [1.54, 1.807) is 42.5 Å². The van der Waals surface area contributed by atoms with Crippen molar-refractivity contribution in [1.82, 2.24) is 5.32 Å². The minimum atomic E-state index is -0.809. The molecule has 140 valence electrons. The van der Waals surface area contributed by atoms with E-state index in [9.17, 15) is 14.7 Å². The van der Waals surface area contributed by atoms with Crippen molar-refractivity contribution >= 4 is 17.4 Å². The standard InChI is InChI=1S/C20H19NO6/c1-25-13-6-4-5-12(9-13)18(22)16-17(21-20(24)19(16)23)11-7-8-14(26-2)15(10-11)27-3/h4-10,17,22H,1-3H3,(H,21,24)/t17-/m1/s1. The highest BCUT2D eigenvalue weighted by Crippen LogP contribution is 2.37. The van der Waals surface area contributed by atoms with E-state index < -0.39 is 17.7 Å². The van der Waals surface area contributed by atoms with Gasteiger partial charge in [-0.15, -0.1) is 0 Å². The fourth-order valence-electron chi connectivity index (χ4n) is 2.97. The number of aliphatic hydroxyl groups excluding tert-OH is 1. The van der Waals surface area contributed by atoms with E-state index in [1.807, 2.05) is 0 Å². The molecule has 7 nitrogen and oxygen atoms in total. The monoisotopic (exact) mass is 369 g/mol. The third-order valence-corrected chi connectivity index (χ3v) is 4.35. The van der Waals surface area contributed by atoms with E-state index >= 15 is 0 Å². The maximum absolute atomic E-state index is 12.4. The van der Waals surface area contributed by atoms with Gasteiger partial charge in [0, 0.05) is 5.56 Å². The average Bonchev–Trinajstić information content (AvgIpc) is 3.01. The van der Waals surface area contributed by atoms with E-state index in [-0.39, 0.29) is 11.3 Å². The number of amides is 1. The highest BCUT2D eigenvalue weighted by molar-refractivity contribution is 6.46. The number of ketones is 1. The first kappa shape index (κ1) is 18.3. The summed E-state index contributed by atoms with van der Waals surface area (Å²) >= 11 is 0. The molecule has 1 saturated heterocycles. The summed E-state index contributed by atoms with van der Waals surface area (Å²) in [6, 6.07) is 10.8. The molecule has 2 aromatic rings. The van der Waals surface area contributed by atoms with Crippen LogP contribution < -0.4 is 19.5 Å². The Morgan fingerprint density at radius 1 is 0.963 bits per heavy atom. The van der Waals surface area contributed by atoms with Gasteiger partial charge in [-0.25, -0.2) is 0 Å². The van der Waals surface area contributed by atoms with Gasteiger partial charge in [0.1, 0.15) is 11.5 Å². The largest absolute Gasteiger partial charge is 0.507 e. The molecule has 1 fully saturated rings. The summed E-state index contributed by atoms with van der Waals surface area (Å²) in [6.07, 6.45) is 0. The van der Waals surface area contributed by atoms with Crippen LogP contribution in [-0.4, -0.2) is 38.1 Å². The lowest BCUT2D eigenvalue weighted by Gasteiger charge is -2.16. The zero-order valence-corrected chi connectivity index (χ0v) is 15.1. The summed E-state index contributed by atoms with van der Waals surface area (Å²) in [5.74, 6) is -0.360. The van der Waals surface area contributed by atoms with Crippen LogP contribution in [0.4, 0.5) is 0 Å². The smallest absolute Gasteiger partial charge is 0.293 e. The second kappa shape index (κ2) is 7.41. The second-order valence-corrected chi connectivity index (χ2v) is 5.84. The van der Waals surface area contributed by atoms with Gasteiger partial charge in [-0.3, -0.25) is 9.59 Å². The maximum atomic E-state index is 12.4. The molecule has 3 rings (SSSR count). The lowest BCUT2D eigenvalue weighted by Crippen LogP contribution is -2.21. The second-order valence-electron chi connectivity index (χ2n) is 5.84. The van der Waals surface area contributed by atoms with Crippen molar-refractivity contribution in [3.63, 3.8) is 0 Å². The first-order valence-corrected chi connectivity index (χ1v) is 8.14. The van der Waals surface area contributed by atoms with Crippen LogP contribution in [-0.2, 0) is 9.59 Å². The number of benzene rings is 2. The molecule has 0 aliphatic carbocycles. The van der Waals surface area contributed by atoms with Crippen LogP contribution >= 0.6 is 0 Å². The van der Waals surface area contributed by atoms with Crippen LogP contribution in [0.2, 0.25) is 0 Å². The zero-order valence-electron chi connectivity index (χ0n) is 15.1. The Balaban J connectivity index is 2.12. The molecule has 1 amide bonds. The molecule has 1 heterocycles. The topological polar surface area (TPSA) is 94.1 Å². The van der Waals surface area contributed by atoms with E-state index in [4.69, 9.17) is 14.2 Å². The number of aliphatic hydroxyl groups is 1. The fourth-order valence-corrected chi connectivity index (χ4v) is 2.97. The number of nitrogens with one attached hydrogen (secondary N) is 1. The Labute approximate surface area is 156 Å². The molecule has 27 heavy (non-hydrogen) atoms. The van der Waals surface area contributed by atoms with Crippen molar-refractivity contribution < 1.29 is 28.9 Å². The maximum Gasteiger partial charge on any atom is 0.293 e. The van der Waals surface area contributed by atoms with E-state index in [1.165, 1.54) is 21.3 Å². The number of carbonyl (C=O) groups is 2. The van der Waals surface area contributed by atoms with Gasteiger partial charge in [0.05, 0.1) is 32.9 Å². The molecule has 0 spiro atoms. The SMILES string of the molecule is COc1cccc(C(O)=C2C(=O)C(=O)N[C@@H]2c2ccc(OC)c(OC)c2)c1. The summed E-state index contributed by atoms with van der Waals surface area (Å²) in [5, 5.41) is 13.3. The molecular formula is C20H19NO6. The Kier molecular flexibility index (Phi) is 5.03. The van der Waals surface area contributed by atoms with Gasteiger partial charge in [0.15, 0.2) is 11.5 Å². The molecule has 1 aliphatic rings. The molecule has 1 atom stereocenters. The minimum Gasteiger partial charge on any atom is -0.507 e. The molecular weight excluding hydrogens is 350 g/mol. The van der Waals surface area contributed by atoms with E-state index in [2.05, 4.69) is 5.32 Å². The Bertz CT molecular complexity index is 934. The number of ether oxygens (including phenoxy) is 3. The van der Waals surface area contributed by atoms with Gasteiger partial charge in [-0.05, 0) is 29.8 Å². The van der Waals surface area contributed by atoms with Gasteiger partial charge in [-0.1, -0.05) is 18.2 Å².